The minimum absolute atomic E-state index is 0.0270. The van der Waals surface area contributed by atoms with E-state index in [4.69, 9.17) is 5.11 Å². The van der Waals surface area contributed by atoms with Crippen LogP contribution in [0.15, 0.2) is 11.4 Å². The van der Waals surface area contributed by atoms with Crippen LogP contribution in [0.1, 0.15) is 52.7 Å². The van der Waals surface area contributed by atoms with Gasteiger partial charge >= 0.3 is 5.97 Å². The zero-order valence-corrected chi connectivity index (χ0v) is 14.2. The summed E-state index contributed by atoms with van der Waals surface area (Å²) in [5.41, 5.74) is 1.23. The number of carboxylic acid groups (broad SMARTS) is 1. The van der Waals surface area contributed by atoms with E-state index in [1.165, 1.54) is 36.7 Å². The predicted octanol–water partition coefficient (Wildman–Crippen LogP) is 3.79. The average Bonchev–Trinajstić information content (AvgIpc) is 2.93. The maximum Gasteiger partial charge on any atom is 0.313 e. The molecule has 2 unspecified atom stereocenters. The van der Waals surface area contributed by atoms with Gasteiger partial charge in [0.1, 0.15) is 0 Å². The normalized spacial score (nSPS) is 22.7. The molecule has 1 saturated carbocycles. The second-order valence-corrected chi connectivity index (χ2v) is 8.20. The highest BCUT2D eigenvalue weighted by molar-refractivity contribution is 7.99. The second kappa shape index (κ2) is 6.42. The quantitative estimate of drug-likeness (QED) is 0.841. The second-order valence-electron chi connectivity index (χ2n) is 7.25. The first-order valence-electron chi connectivity index (χ1n) is 7.68. The van der Waals surface area contributed by atoms with Gasteiger partial charge in [0, 0.05) is 23.9 Å². The lowest BCUT2D eigenvalue weighted by molar-refractivity contribution is -0.133. The smallest absolute Gasteiger partial charge is 0.313 e. The number of aliphatic carboxylic acids is 1. The molecule has 0 aromatic carbocycles. The Hall–Kier alpha value is -0.970. The zero-order chi connectivity index (χ0) is 15.6. The maximum absolute atomic E-state index is 10.8. The SMILES string of the molecule is CC1CCC(Cn2c(C(C)(C)C)cnc2SCC(=O)O)C1. The van der Waals surface area contributed by atoms with Crippen LogP contribution in [0.3, 0.4) is 0 Å². The lowest BCUT2D eigenvalue weighted by atomic mass is 9.92. The standard InChI is InChI=1S/C16H26N2O2S/c1-11-5-6-12(7-11)9-18-13(16(2,3)4)8-17-15(18)21-10-14(19)20/h8,11-12H,5-7,9-10H2,1-4H3,(H,19,20). The zero-order valence-electron chi connectivity index (χ0n) is 13.4. The lowest BCUT2D eigenvalue weighted by Gasteiger charge is -2.23. The van der Waals surface area contributed by atoms with Gasteiger partial charge in [-0.05, 0) is 24.7 Å². The van der Waals surface area contributed by atoms with Crippen LogP contribution in [0.25, 0.3) is 0 Å². The van der Waals surface area contributed by atoms with Crippen LogP contribution in [-0.2, 0) is 16.8 Å². The lowest BCUT2D eigenvalue weighted by Crippen LogP contribution is -2.21. The van der Waals surface area contributed by atoms with Gasteiger partial charge in [-0.15, -0.1) is 0 Å². The van der Waals surface area contributed by atoms with E-state index in [0.717, 1.165) is 17.6 Å². The highest BCUT2D eigenvalue weighted by Crippen LogP contribution is 2.35. The fourth-order valence-corrected chi connectivity index (χ4v) is 3.83. The summed E-state index contributed by atoms with van der Waals surface area (Å²) >= 11 is 1.33. The van der Waals surface area contributed by atoms with E-state index in [1.807, 2.05) is 6.20 Å². The third kappa shape index (κ3) is 4.25. The highest BCUT2D eigenvalue weighted by Gasteiger charge is 2.27. The van der Waals surface area contributed by atoms with Crippen LogP contribution in [0.5, 0.6) is 0 Å². The number of thioether (sulfide) groups is 1. The molecule has 21 heavy (non-hydrogen) atoms. The van der Waals surface area contributed by atoms with E-state index in [2.05, 4.69) is 37.2 Å². The number of carbonyl (C=O) groups is 1. The third-order valence-corrected chi connectivity index (χ3v) is 5.13. The molecular weight excluding hydrogens is 284 g/mol. The highest BCUT2D eigenvalue weighted by atomic mass is 32.2. The van der Waals surface area contributed by atoms with Crippen molar-refractivity contribution in [2.24, 2.45) is 11.8 Å². The van der Waals surface area contributed by atoms with E-state index in [-0.39, 0.29) is 11.2 Å². The minimum atomic E-state index is -0.790. The molecular formula is C16H26N2O2S. The summed E-state index contributed by atoms with van der Waals surface area (Å²) in [6, 6.07) is 0. The van der Waals surface area contributed by atoms with Gasteiger partial charge in [0.25, 0.3) is 0 Å². The van der Waals surface area contributed by atoms with Crippen molar-refractivity contribution in [2.45, 2.75) is 64.1 Å². The molecule has 1 fully saturated rings. The Bertz CT molecular complexity index is 505. The number of aromatic nitrogens is 2. The van der Waals surface area contributed by atoms with E-state index < -0.39 is 5.97 Å². The van der Waals surface area contributed by atoms with Crippen LogP contribution < -0.4 is 0 Å². The molecule has 1 heterocycles. The van der Waals surface area contributed by atoms with Gasteiger partial charge in [0.2, 0.25) is 0 Å². The molecule has 1 aromatic rings. The van der Waals surface area contributed by atoms with Crippen LogP contribution in [-0.4, -0.2) is 26.4 Å². The molecule has 2 atom stereocenters. The molecule has 5 heteroatoms. The summed E-state index contributed by atoms with van der Waals surface area (Å²) in [6.45, 7) is 9.84. The van der Waals surface area contributed by atoms with Crippen molar-refractivity contribution < 1.29 is 9.90 Å². The molecule has 2 rings (SSSR count). The number of rotatable bonds is 5. The van der Waals surface area contributed by atoms with E-state index in [0.29, 0.717) is 5.92 Å². The molecule has 118 valence electrons. The molecule has 0 radical (unpaired) electrons. The monoisotopic (exact) mass is 310 g/mol. The Morgan fingerprint density at radius 3 is 2.71 bits per heavy atom. The summed E-state index contributed by atoms with van der Waals surface area (Å²) in [4.78, 5) is 15.3. The van der Waals surface area contributed by atoms with E-state index >= 15 is 0 Å². The third-order valence-electron chi connectivity index (χ3n) is 4.16. The molecule has 0 amide bonds. The Kier molecular flexibility index (Phi) is 5.02. The van der Waals surface area contributed by atoms with Crippen LogP contribution in [0.4, 0.5) is 0 Å². The Morgan fingerprint density at radius 1 is 1.48 bits per heavy atom. The van der Waals surface area contributed by atoms with Crippen molar-refractivity contribution in [2.75, 3.05) is 5.75 Å². The topological polar surface area (TPSA) is 55.1 Å². The van der Waals surface area contributed by atoms with Crippen molar-refractivity contribution in [1.29, 1.82) is 0 Å². The van der Waals surface area contributed by atoms with Gasteiger partial charge in [-0.3, -0.25) is 4.79 Å². The van der Waals surface area contributed by atoms with Gasteiger partial charge in [-0.2, -0.15) is 0 Å². The summed E-state index contributed by atoms with van der Waals surface area (Å²) < 4.78 is 2.26. The first-order chi connectivity index (χ1) is 9.77. The summed E-state index contributed by atoms with van der Waals surface area (Å²) in [7, 11) is 0. The summed E-state index contributed by atoms with van der Waals surface area (Å²) in [5.74, 6) is 0.786. The minimum Gasteiger partial charge on any atom is -0.481 e. The van der Waals surface area contributed by atoms with Crippen LogP contribution in [0, 0.1) is 11.8 Å². The van der Waals surface area contributed by atoms with Gasteiger partial charge < -0.3 is 9.67 Å². The fraction of sp³-hybridized carbons (Fsp3) is 0.750. The van der Waals surface area contributed by atoms with Crippen LogP contribution >= 0.6 is 11.8 Å². The van der Waals surface area contributed by atoms with Gasteiger partial charge in [0.05, 0.1) is 5.75 Å². The number of hydrogen-bond donors (Lipinski definition) is 1. The molecule has 0 spiro atoms. The molecule has 1 aromatic heterocycles. The molecule has 1 aliphatic rings. The number of carboxylic acids is 1. The first kappa shape index (κ1) is 16.4. The Labute approximate surface area is 131 Å². The van der Waals surface area contributed by atoms with Crippen molar-refractivity contribution in [3.8, 4) is 0 Å². The molecule has 0 saturated heterocycles. The largest absolute Gasteiger partial charge is 0.481 e. The first-order valence-corrected chi connectivity index (χ1v) is 8.66. The molecule has 4 nitrogen and oxygen atoms in total. The molecule has 0 bridgehead atoms. The van der Waals surface area contributed by atoms with Crippen molar-refractivity contribution in [3.63, 3.8) is 0 Å². The number of nitrogens with zero attached hydrogens (tertiary/aromatic N) is 2. The Balaban J connectivity index is 2.21. The van der Waals surface area contributed by atoms with Gasteiger partial charge in [-0.25, -0.2) is 4.98 Å². The molecule has 1 aliphatic carbocycles. The predicted molar refractivity (Wildman–Crippen MR) is 85.8 cm³/mol. The van der Waals surface area contributed by atoms with E-state index in [1.54, 1.807) is 0 Å². The maximum atomic E-state index is 10.8. The summed E-state index contributed by atoms with van der Waals surface area (Å²) in [6.07, 6.45) is 5.77. The van der Waals surface area contributed by atoms with E-state index in [9.17, 15) is 4.79 Å². The average molecular weight is 310 g/mol. The van der Waals surface area contributed by atoms with Gasteiger partial charge in [0.15, 0.2) is 5.16 Å². The van der Waals surface area contributed by atoms with Crippen molar-refractivity contribution in [1.82, 2.24) is 9.55 Å². The fourth-order valence-electron chi connectivity index (χ4n) is 3.12. The van der Waals surface area contributed by atoms with Gasteiger partial charge in [-0.1, -0.05) is 45.9 Å². The molecule has 0 aliphatic heterocycles. The van der Waals surface area contributed by atoms with Crippen molar-refractivity contribution >= 4 is 17.7 Å². The Morgan fingerprint density at radius 2 is 2.19 bits per heavy atom. The van der Waals surface area contributed by atoms with Crippen LogP contribution in [0.2, 0.25) is 0 Å². The number of hydrogen-bond acceptors (Lipinski definition) is 3. The van der Waals surface area contributed by atoms with Crippen molar-refractivity contribution in [3.05, 3.63) is 11.9 Å². The molecule has 1 N–H and O–H groups in total. The number of imidazole rings is 1. The summed E-state index contributed by atoms with van der Waals surface area (Å²) in [5, 5.41) is 9.74.